The lowest BCUT2D eigenvalue weighted by atomic mass is 9.87. The van der Waals surface area contributed by atoms with Gasteiger partial charge in [0.15, 0.2) is 17.5 Å². The Balaban J connectivity index is 1.03. The van der Waals surface area contributed by atoms with Gasteiger partial charge in [0.05, 0.1) is 23.0 Å². The average molecular weight is 782 g/mol. The van der Waals surface area contributed by atoms with Crippen LogP contribution in [0.5, 0.6) is 0 Å². The fraction of sp³-hybridized carbons (Fsp3) is 0.0364. The summed E-state index contributed by atoms with van der Waals surface area (Å²) in [5, 5.41) is 9.67. The minimum absolute atomic E-state index is 0.0370. The zero-order valence-electron chi connectivity index (χ0n) is 32.9. The number of epoxide rings is 1. The molecule has 1 aromatic heterocycles. The van der Waals surface area contributed by atoms with E-state index in [9.17, 15) is 5.26 Å². The van der Waals surface area contributed by atoms with Gasteiger partial charge in [-0.25, -0.2) is 19.9 Å². The lowest BCUT2D eigenvalue weighted by Crippen LogP contribution is -2.14. The first-order valence-electron chi connectivity index (χ1n) is 20.3. The maximum atomic E-state index is 9.67. The van der Waals surface area contributed by atoms with Crippen molar-refractivity contribution < 1.29 is 4.74 Å². The molecule has 8 aromatic carbocycles. The molecule has 0 spiro atoms. The number of rotatable bonds is 8. The van der Waals surface area contributed by atoms with Crippen LogP contribution in [0.1, 0.15) is 22.8 Å². The molecule has 1 saturated heterocycles. The van der Waals surface area contributed by atoms with Crippen LogP contribution in [-0.4, -0.2) is 26.8 Å². The van der Waals surface area contributed by atoms with Gasteiger partial charge in [-0.3, -0.25) is 0 Å². The van der Waals surface area contributed by atoms with Gasteiger partial charge in [0.2, 0.25) is 0 Å². The minimum Gasteiger partial charge on any atom is -0.358 e. The van der Waals surface area contributed by atoms with Crippen molar-refractivity contribution in [3.05, 3.63) is 217 Å². The molecule has 11 rings (SSSR count). The number of hydrogen-bond donors (Lipinski definition) is 0. The molecule has 9 aromatic rings. The maximum Gasteiger partial charge on any atom is 0.164 e. The molecule has 0 N–H and O–H groups in total. The first kappa shape index (κ1) is 36.0. The van der Waals surface area contributed by atoms with E-state index in [-0.39, 0.29) is 12.2 Å². The van der Waals surface area contributed by atoms with Crippen LogP contribution in [0.25, 0.3) is 78.7 Å². The monoisotopic (exact) mass is 781 g/mol. The van der Waals surface area contributed by atoms with Gasteiger partial charge in [-0.05, 0) is 80.9 Å². The molecule has 6 heteroatoms. The van der Waals surface area contributed by atoms with Crippen molar-refractivity contribution in [1.29, 1.82) is 5.26 Å². The third-order valence-corrected chi connectivity index (χ3v) is 11.4. The molecular formula is C55H35N5O. The second kappa shape index (κ2) is 15.2. The number of nitriles is 1. The van der Waals surface area contributed by atoms with Crippen LogP contribution in [0, 0.1) is 11.3 Å². The number of nitrogens with zero attached hydrogens (tertiary/aromatic N) is 5. The zero-order chi connectivity index (χ0) is 40.7. The Bertz CT molecular complexity index is 3120. The molecule has 2 aliphatic rings. The van der Waals surface area contributed by atoms with E-state index in [1.807, 2.05) is 97.1 Å². The number of benzene rings is 8. The summed E-state index contributed by atoms with van der Waals surface area (Å²) in [6.45, 7) is 0. The predicted octanol–water partition coefficient (Wildman–Crippen LogP) is 13.0. The van der Waals surface area contributed by atoms with Crippen molar-refractivity contribution in [3.63, 3.8) is 0 Å². The van der Waals surface area contributed by atoms with E-state index in [2.05, 4.69) is 109 Å². The van der Waals surface area contributed by atoms with E-state index >= 15 is 0 Å². The lowest BCUT2D eigenvalue weighted by molar-refractivity contribution is 0.402. The molecule has 0 amide bonds. The Hall–Kier alpha value is -8.11. The van der Waals surface area contributed by atoms with E-state index in [0.29, 0.717) is 23.0 Å². The summed E-state index contributed by atoms with van der Waals surface area (Å²) in [5.74, 6) is 1.82. The largest absolute Gasteiger partial charge is 0.358 e. The highest BCUT2D eigenvalue weighted by molar-refractivity contribution is 6.13. The normalized spacial score (nSPS) is 14.9. The van der Waals surface area contributed by atoms with Gasteiger partial charge in [0.1, 0.15) is 12.2 Å². The van der Waals surface area contributed by atoms with Crippen molar-refractivity contribution >= 4 is 11.4 Å². The molecule has 61 heavy (non-hydrogen) atoms. The fourth-order valence-electron chi connectivity index (χ4n) is 8.30. The van der Waals surface area contributed by atoms with Crippen molar-refractivity contribution in [2.45, 2.75) is 12.2 Å². The molecule has 0 aliphatic carbocycles. The summed E-state index contributed by atoms with van der Waals surface area (Å²) >= 11 is 0. The topological polar surface area (TPSA) is 87.4 Å². The Kier molecular flexibility index (Phi) is 9.00. The Morgan fingerprint density at radius 2 is 0.869 bits per heavy atom. The van der Waals surface area contributed by atoms with Gasteiger partial charge >= 0.3 is 0 Å². The summed E-state index contributed by atoms with van der Waals surface area (Å²) in [5.41, 5.74) is 15.9. The second-order valence-electron chi connectivity index (χ2n) is 15.2. The van der Waals surface area contributed by atoms with Gasteiger partial charge in [0, 0.05) is 27.8 Å². The van der Waals surface area contributed by atoms with E-state index < -0.39 is 0 Å². The quantitative estimate of drug-likeness (QED) is 0.143. The molecule has 2 aliphatic heterocycles. The number of para-hydroxylation sites is 1. The molecule has 0 radical (unpaired) electrons. The second-order valence-corrected chi connectivity index (χ2v) is 15.2. The first-order valence-corrected chi connectivity index (χ1v) is 20.3. The van der Waals surface area contributed by atoms with Crippen molar-refractivity contribution in [2.24, 2.45) is 4.99 Å². The highest BCUT2D eigenvalue weighted by Gasteiger charge is 2.48. The maximum absolute atomic E-state index is 9.67. The van der Waals surface area contributed by atoms with Crippen LogP contribution < -0.4 is 0 Å². The third kappa shape index (κ3) is 6.89. The molecule has 286 valence electrons. The number of fused-ring (bicyclic) bond motifs is 3. The summed E-state index contributed by atoms with van der Waals surface area (Å²) in [4.78, 5) is 20.1. The van der Waals surface area contributed by atoms with Gasteiger partial charge in [0.25, 0.3) is 0 Å². The number of aliphatic imine (C=N–C) groups is 1. The minimum atomic E-state index is -0.0614. The molecule has 0 bridgehead atoms. The van der Waals surface area contributed by atoms with Crippen molar-refractivity contribution in [1.82, 2.24) is 15.0 Å². The van der Waals surface area contributed by atoms with E-state index in [4.69, 9.17) is 24.7 Å². The molecule has 0 saturated carbocycles. The van der Waals surface area contributed by atoms with Gasteiger partial charge in [-0.2, -0.15) is 5.26 Å². The third-order valence-electron chi connectivity index (χ3n) is 11.4. The SMILES string of the molecule is N#Cc1ccc(-c2cc(-c3ccc(C4=Nc5ccccc5C5OC45)c(-c4ccccc4)c3)ccc2-c2cccc(-c3nc(-c4ccccc4)nc(-c4ccccc4)n3)c2)cc1. The van der Waals surface area contributed by atoms with Gasteiger partial charge in [-0.1, -0.05) is 164 Å². The number of hydrogen-bond acceptors (Lipinski definition) is 6. The number of ether oxygens (including phenoxy) is 1. The van der Waals surface area contributed by atoms with Crippen LogP contribution in [0.4, 0.5) is 5.69 Å². The summed E-state index contributed by atoms with van der Waals surface area (Å²) in [6.07, 6.45) is -0.0244. The number of aromatic nitrogens is 3. The fourth-order valence-corrected chi connectivity index (χ4v) is 8.30. The van der Waals surface area contributed by atoms with Gasteiger partial charge < -0.3 is 4.74 Å². The molecule has 3 heterocycles. The van der Waals surface area contributed by atoms with Crippen molar-refractivity contribution in [3.8, 4) is 84.7 Å². The Labute approximate surface area is 353 Å². The smallest absolute Gasteiger partial charge is 0.164 e. The van der Waals surface area contributed by atoms with Crippen LogP contribution in [0.2, 0.25) is 0 Å². The zero-order valence-corrected chi connectivity index (χ0v) is 32.9. The Morgan fingerprint density at radius 3 is 1.51 bits per heavy atom. The van der Waals surface area contributed by atoms with Crippen LogP contribution in [-0.2, 0) is 4.74 Å². The first-order chi connectivity index (χ1) is 30.2. The molecule has 2 unspecified atom stereocenters. The summed E-state index contributed by atoms with van der Waals surface area (Å²) in [7, 11) is 0. The highest BCUT2D eigenvalue weighted by Crippen LogP contribution is 2.50. The average Bonchev–Trinajstić information content (AvgIpc) is 4.16. The molecule has 6 nitrogen and oxygen atoms in total. The van der Waals surface area contributed by atoms with Crippen LogP contribution in [0.15, 0.2) is 205 Å². The van der Waals surface area contributed by atoms with E-state index in [1.165, 1.54) is 0 Å². The highest BCUT2D eigenvalue weighted by atomic mass is 16.6. The van der Waals surface area contributed by atoms with E-state index in [0.717, 1.165) is 83.7 Å². The van der Waals surface area contributed by atoms with E-state index in [1.54, 1.807) is 0 Å². The molecule has 1 fully saturated rings. The molecule has 2 atom stereocenters. The van der Waals surface area contributed by atoms with Crippen LogP contribution in [0.3, 0.4) is 0 Å². The standard InChI is InChI=1S/C55H35N5O/c56-34-35-23-25-37(26-24-35)47-32-40(41-28-30-45(48(33-41)36-13-4-1-5-14-36)50-52-51(61-52)46-21-10-11-22-49(46)57-50)27-29-44(47)42-19-12-20-43(31-42)55-59-53(38-15-6-2-7-16-38)58-54(60-55)39-17-8-3-9-18-39/h1-33,51-52H. The summed E-state index contributed by atoms with van der Waals surface area (Å²) < 4.78 is 6.24. The summed E-state index contributed by atoms with van der Waals surface area (Å²) in [6, 6.07) is 70.6. The van der Waals surface area contributed by atoms with Crippen molar-refractivity contribution in [2.75, 3.05) is 0 Å². The predicted molar refractivity (Wildman–Crippen MR) is 243 cm³/mol. The lowest BCUT2D eigenvalue weighted by Gasteiger charge is -2.18. The van der Waals surface area contributed by atoms with Crippen LogP contribution >= 0.6 is 0 Å². The Morgan fingerprint density at radius 1 is 0.377 bits per heavy atom. The van der Waals surface area contributed by atoms with Gasteiger partial charge in [-0.15, -0.1) is 0 Å². The molecular weight excluding hydrogens is 747 g/mol.